The van der Waals surface area contributed by atoms with Crippen LogP contribution in [0.1, 0.15) is 20.3 Å². The van der Waals surface area contributed by atoms with Gasteiger partial charge in [0.25, 0.3) is 0 Å². The number of para-hydroxylation sites is 1. The zero-order valence-electron chi connectivity index (χ0n) is 16.1. The molecule has 0 spiro atoms. The van der Waals surface area contributed by atoms with Crippen LogP contribution in [0.4, 0.5) is 10.1 Å². The van der Waals surface area contributed by atoms with Crippen molar-refractivity contribution >= 4 is 21.5 Å². The molecule has 1 unspecified atom stereocenters. The van der Waals surface area contributed by atoms with Gasteiger partial charge in [0.2, 0.25) is 0 Å². The Bertz CT molecular complexity index is 774. The molecule has 0 amide bonds. The third-order valence-corrected chi connectivity index (χ3v) is 6.85. The number of halogens is 1. The molecule has 8 heteroatoms. The van der Waals surface area contributed by atoms with Gasteiger partial charge in [-0.1, -0.05) is 12.1 Å². The lowest BCUT2D eigenvalue weighted by Crippen LogP contribution is -2.54. The maximum absolute atomic E-state index is 14.0. The van der Waals surface area contributed by atoms with Crippen molar-refractivity contribution in [3.8, 4) is 0 Å². The van der Waals surface area contributed by atoms with E-state index in [1.54, 1.807) is 6.07 Å². The van der Waals surface area contributed by atoms with Crippen LogP contribution < -0.4 is 10.2 Å². The Morgan fingerprint density at radius 2 is 1.96 bits per heavy atom. The van der Waals surface area contributed by atoms with Crippen LogP contribution in [-0.4, -0.2) is 69.5 Å². The second kappa shape index (κ2) is 8.46. The van der Waals surface area contributed by atoms with Crippen molar-refractivity contribution in [2.24, 2.45) is 10.9 Å². The average molecular weight is 397 g/mol. The molecule has 150 valence electrons. The highest BCUT2D eigenvalue weighted by molar-refractivity contribution is 7.91. The van der Waals surface area contributed by atoms with Gasteiger partial charge in [0.15, 0.2) is 15.8 Å². The van der Waals surface area contributed by atoms with Crippen LogP contribution in [0.25, 0.3) is 0 Å². The molecule has 1 aromatic carbocycles. The van der Waals surface area contributed by atoms with Crippen LogP contribution in [0.3, 0.4) is 0 Å². The smallest absolute Gasteiger partial charge is 0.194 e. The second-order valence-electron chi connectivity index (χ2n) is 7.66. The van der Waals surface area contributed by atoms with Crippen LogP contribution in [0.2, 0.25) is 0 Å². The topological polar surface area (TPSA) is 65.0 Å². The first-order valence-corrected chi connectivity index (χ1v) is 11.4. The molecule has 2 aliphatic rings. The van der Waals surface area contributed by atoms with Gasteiger partial charge in [0.05, 0.1) is 17.2 Å². The quantitative estimate of drug-likeness (QED) is 0.620. The fraction of sp³-hybridized carbons (Fsp3) is 0.632. The summed E-state index contributed by atoms with van der Waals surface area (Å²) >= 11 is 0. The van der Waals surface area contributed by atoms with Gasteiger partial charge in [-0.25, -0.2) is 12.8 Å². The highest BCUT2D eigenvalue weighted by Gasteiger charge is 2.28. The van der Waals surface area contributed by atoms with Gasteiger partial charge in [-0.05, 0) is 38.3 Å². The molecule has 0 saturated carbocycles. The van der Waals surface area contributed by atoms with E-state index in [1.165, 1.54) is 6.07 Å². The van der Waals surface area contributed by atoms with E-state index in [4.69, 9.17) is 4.99 Å². The lowest BCUT2D eigenvalue weighted by Gasteiger charge is -2.38. The number of nitrogens with one attached hydrogen (secondary N) is 1. The number of sulfone groups is 1. The third kappa shape index (κ3) is 5.34. The van der Waals surface area contributed by atoms with E-state index in [-0.39, 0.29) is 29.3 Å². The molecule has 27 heavy (non-hydrogen) atoms. The van der Waals surface area contributed by atoms with Gasteiger partial charge in [-0.3, -0.25) is 4.99 Å². The van der Waals surface area contributed by atoms with Crippen molar-refractivity contribution in [2.45, 2.75) is 26.3 Å². The van der Waals surface area contributed by atoms with Gasteiger partial charge < -0.3 is 15.1 Å². The zero-order valence-corrected chi connectivity index (χ0v) is 16.9. The lowest BCUT2D eigenvalue weighted by molar-refractivity contribution is 0.365. The van der Waals surface area contributed by atoms with Crippen molar-refractivity contribution in [3.05, 3.63) is 30.1 Å². The van der Waals surface area contributed by atoms with E-state index >= 15 is 0 Å². The molecular weight excluding hydrogens is 367 g/mol. The number of rotatable bonds is 4. The highest BCUT2D eigenvalue weighted by Crippen LogP contribution is 2.21. The number of guanidine groups is 1. The van der Waals surface area contributed by atoms with E-state index in [1.807, 2.05) is 12.1 Å². The van der Waals surface area contributed by atoms with Crippen LogP contribution in [0, 0.1) is 11.7 Å². The fourth-order valence-electron chi connectivity index (χ4n) is 3.59. The Kier molecular flexibility index (Phi) is 6.24. The zero-order chi connectivity index (χ0) is 19.4. The number of nitrogens with zero attached hydrogens (tertiary/aromatic N) is 3. The normalized spacial score (nSPS) is 23.1. The fourth-order valence-corrected chi connectivity index (χ4v) is 5.44. The Labute approximate surface area is 161 Å². The molecule has 0 aliphatic carbocycles. The van der Waals surface area contributed by atoms with E-state index in [0.717, 1.165) is 32.1 Å². The molecule has 2 fully saturated rings. The van der Waals surface area contributed by atoms with Gasteiger partial charge in [0, 0.05) is 38.8 Å². The molecule has 1 atom stereocenters. The first kappa shape index (κ1) is 19.9. The number of hydrogen-bond acceptors (Lipinski definition) is 4. The molecule has 0 radical (unpaired) electrons. The molecule has 2 aliphatic heterocycles. The Morgan fingerprint density at radius 3 is 2.56 bits per heavy atom. The largest absolute Gasteiger partial charge is 0.366 e. The van der Waals surface area contributed by atoms with Crippen LogP contribution in [0.5, 0.6) is 0 Å². The summed E-state index contributed by atoms with van der Waals surface area (Å²) in [6, 6.07) is 7.10. The van der Waals surface area contributed by atoms with Crippen LogP contribution >= 0.6 is 0 Å². The maximum Gasteiger partial charge on any atom is 0.194 e. The summed E-state index contributed by atoms with van der Waals surface area (Å²) in [5.74, 6) is 1.26. The molecule has 1 N–H and O–H groups in total. The molecule has 1 aromatic rings. The molecule has 0 bridgehead atoms. The van der Waals surface area contributed by atoms with E-state index < -0.39 is 9.84 Å². The Morgan fingerprint density at radius 1 is 1.26 bits per heavy atom. The summed E-state index contributed by atoms with van der Waals surface area (Å²) < 4.78 is 37.3. The average Bonchev–Trinajstić information content (AvgIpc) is 2.98. The molecule has 3 rings (SSSR count). The number of hydrogen-bond donors (Lipinski definition) is 1. The molecule has 2 saturated heterocycles. The number of aliphatic imine (C=N–C) groups is 1. The van der Waals surface area contributed by atoms with Crippen LogP contribution in [0.15, 0.2) is 29.3 Å². The highest BCUT2D eigenvalue weighted by atomic mass is 32.2. The molecule has 6 nitrogen and oxygen atoms in total. The molecule has 0 aromatic heterocycles. The van der Waals surface area contributed by atoms with Gasteiger partial charge >= 0.3 is 0 Å². The van der Waals surface area contributed by atoms with Crippen molar-refractivity contribution < 1.29 is 12.8 Å². The summed E-state index contributed by atoms with van der Waals surface area (Å²) in [5, 5.41) is 3.39. The molecular formula is C19H29FN4O2S. The predicted octanol–water partition coefficient (Wildman–Crippen LogP) is 1.74. The van der Waals surface area contributed by atoms with Crippen molar-refractivity contribution in [1.29, 1.82) is 0 Å². The van der Waals surface area contributed by atoms with Crippen molar-refractivity contribution in [3.63, 3.8) is 0 Å². The number of anilines is 1. The minimum atomic E-state index is -2.88. The number of benzene rings is 1. The van der Waals surface area contributed by atoms with E-state index in [9.17, 15) is 12.8 Å². The third-order valence-electron chi connectivity index (χ3n) is 5.02. The minimum Gasteiger partial charge on any atom is -0.366 e. The first-order valence-electron chi connectivity index (χ1n) is 9.60. The first-order chi connectivity index (χ1) is 12.8. The van der Waals surface area contributed by atoms with Crippen molar-refractivity contribution in [1.82, 2.24) is 10.2 Å². The monoisotopic (exact) mass is 396 g/mol. The van der Waals surface area contributed by atoms with Gasteiger partial charge in [-0.15, -0.1) is 0 Å². The summed E-state index contributed by atoms with van der Waals surface area (Å²) in [6.07, 6.45) is 0.696. The standard InChI is InChI=1S/C19H29FN4O2S/c1-15(2)22-19(21-13-16-7-12-27(25,26)14-16)24-10-8-23(9-11-24)18-6-4-3-5-17(18)20/h3-6,15-16H,7-14H2,1-2H3,(H,21,22). The van der Waals surface area contributed by atoms with Crippen LogP contribution in [-0.2, 0) is 9.84 Å². The number of piperazine rings is 1. The summed E-state index contributed by atoms with van der Waals surface area (Å²) in [5.41, 5.74) is 0.642. The lowest BCUT2D eigenvalue weighted by atomic mass is 10.1. The maximum atomic E-state index is 14.0. The van der Waals surface area contributed by atoms with Gasteiger partial charge in [-0.2, -0.15) is 0 Å². The predicted molar refractivity (Wildman–Crippen MR) is 108 cm³/mol. The Balaban J connectivity index is 1.62. The van der Waals surface area contributed by atoms with Gasteiger partial charge in [0.1, 0.15) is 5.82 Å². The summed E-state index contributed by atoms with van der Waals surface area (Å²) in [7, 11) is -2.88. The second-order valence-corrected chi connectivity index (χ2v) is 9.89. The summed E-state index contributed by atoms with van der Waals surface area (Å²) in [6.45, 7) is 7.58. The SMILES string of the molecule is CC(C)NC(=NCC1CCS(=O)(=O)C1)N1CCN(c2ccccc2F)CC1. The minimum absolute atomic E-state index is 0.110. The summed E-state index contributed by atoms with van der Waals surface area (Å²) in [4.78, 5) is 8.96. The van der Waals surface area contributed by atoms with Crippen molar-refractivity contribution in [2.75, 3.05) is 49.1 Å². The van der Waals surface area contributed by atoms with E-state index in [2.05, 4.69) is 29.0 Å². The Hall–Kier alpha value is -1.83. The molecule has 2 heterocycles. The van der Waals surface area contributed by atoms with E-state index in [0.29, 0.717) is 18.7 Å².